The Morgan fingerprint density at radius 3 is 2.44 bits per heavy atom. The maximum absolute atomic E-state index is 14.2. The maximum Gasteiger partial charge on any atom is 0.131 e. The topological polar surface area (TPSA) is 3.24 Å². The van der Waals surface area contributed by atoms with Crippen LogP contribution in [0.1, 0.15) is 36.8 Å². The fraction of sp³-hybridized carbons (Fsp3) is 0.280. The van der Waals surface area contributed by atoms with Crippen molar-refractivity contribution in [3.63, 3.8) is 0 Å². The zero-order chi connectivity index (χ0) is 18.2. The van der Waals surface area contributed by atoms with Crippen LogP contribution in [0.5, 0.6) is 0 Å². The van der Waals surface area contributed by atoms with Gasteiger partial charge in [0, 0.05) is 24.0 Å². The van der Waals surface area contributed by atoms with E-state index < -0.39 is 0 Å². The molecule has 0 spiro atoms. The van der Waals surface area contributed by atoms with Crippen molar-refractivity contribution in [2.24, 2.45) is 0 Å². The minimum Gasteiger partial charge on any atom is -0.289 e. The molecule has 27 heavy (non-hydrogen) atoms. The van der Waals surface area contributed by atoms with Gasteiger partial charge in [0.05, 0.1) is 0 Å². The highest BCUT2D eigenvalue weighted by molar-refractivity contribution is 5.94. The Labute approximate surface area is 160 Å². The van der Waals surface area contributed by atoms with Gasteiger partial charge in [-0.05, 0) is 47.4 Å². The van der Waals surface area contributed by atoms with E-state index in [1.807, 2.05) is 24.3 Å². The number of piperidine rings is 1. The van der Waals surface area contributed by atoms with Gasteiger partial charge in [-0.1, -0.05) is 73.2 Å². The van der Waals surface area contributed by atoms with Crippen molar-refractivity contribution in [3.05, 3.63) is 89.8 Å². The van der Waals surface area contributed by atoms with E-state index in [4.69, 9.17) is 0 Å². The van der Waals surface area contributed by atoms with Crippen LogP contribution in [0.4, 0.5) is 4.39 Å². The first-order valence-corrected chi connectivity index (χ1v) is 9.97. The quantitative estimate of drug-likeness (QED) is 0.540. The average Bonchev–Trinajstić information content (AvgIpc) is 2.69. The number of fused-ring (bicyclic) bond motifs is 3. The second-order valence-corrected chi connectivity index (χ2v) is 7.85. The minimum atomic E-state index is -0.128. The van der Waals surface area contributed by atoms with Crippen LogP contribution in [-0.2, 0) is 6.54 Å². The van der Waals surface area contributed by atoms with Crippen molar-refractivity contribution >= 4 is 16.3 Å². The summed E-state index contributed by atoms with van der Waals surface area (Å²) in [6, 6.07) is 23.3. The van der Waals surface area contributed by atoms with Gasteiger partial charge in [-0.25, -0.2) is 4.39 Å². The number of rotatable bonds is 3. The summed E-state index contributed by atoms with van der Waals surface area (Å²) in [5.74, 6) is -0.128. The second-order valence-electron chi connectivity index (χ2n) is 7.85. The summed E-state index contributed by atoms with van der Waals surface area (Å²) in [5.41, 5.74) is 3.99. The Bertz CT molecular complexity index is 992. The van der Waals surface area contributed by atoms with Crippen LogP contribution in [0.3, 0.4) is 0 Å². The largest absolute Gasteiger partial charge is 0.289 e. The molecule has 1 saturated heterocycles. The Kier molecular flexibility index (Phi) is 4.29. The first-order chi connectivity index (χ1) is 13.3. The summed E-state index contributed by atoms with van der Waals surface area (Å²) >= 11 is 0. The van der Waals surface area contributed by atoms with E-state index in [-0.39, 0.29) is 5.82 Å². The molecule has 3 aromatic rings. The van der Waals surface area contributed by atoms with Crippen LogP contribution in [0.25, 0.3) is 16.3 Å². The lowest BCUT2D eigenvalue weighted by molar-refractivity contribution is 0.0951. The maximum atomic E-state index is 14.2. The van der Waals surface area contributed by atoms with Crippen LogP contribution in [-0.4, -0.2) is 17.0 Å². The number of hydrogen-bond donors (Lipinski definition) is 0. The Balaban J connectivity index is 1.52. The lowest BCUT2D eigenvalue weighted by Gasteiger charge is -2.45. The van der Waals surface area contributed by atoms with E-state index >= 15 is 0 Å². The highest BCUT2D eigenvalue weighted by atomic mass is 19.1. The molecule has 2 aliphatic rings. The number of nitrogens with zero attached hydrogens (tertiary/aromatic N) is 1. The highest BCUT2D eigenvalue weighted by Crippen LogP contribution is 2.40. The molecule has 1 nitrogen and oxygen atoms in total. The molecular weight excluding hydrogens is 333 g/mol. The molecule has 0 saturated carbocycles. The lowest BCUT2D eigenvalue weighted by Crippen LogP contribution is -2.47. The third-order valence-corrected chi connectivity index (χ3v) is 6.21. The molecule has 2 aliphatic heterocycles. The van der Waals surface area contributed by atoms with Gasteiger partial charge in [0.1, 0.15) is 5.82 Å². The van der Waals surface area contributed by atoms with Gasteiger partial charge >= 0.3 is 0 Å². The van der Waals surface area contributed by atoms with Crippen molar-refractivity contribution in [1.82, 2.24) is 4.90 Å². The first kappa shape index (κ1) is 16.7. The first-order valence-electron chi connectivity index (χ1n) is 9.97. The minimum absolute atomic E-state index is 0.128. The van der Waals surface area contributed by atoms with Crippen LogP contribution < -0.4 is 0 Å². The highest BCUT2D eigenvalue weighted by Gasteiger charge is 2.34. The van der Waals surface area contributed by atoms with Gasteiger partial charge in [0.15, 0.2) is 0 Å². The predicted molar refractivity (Wildman–Crippen MR) is 110 cm³/mol. The summed E-state index contributed by atoms with van der Waals surface area (Å²) < 4.78 is 14.2. The van der Waals surface area contributed by atoms with E-state index in [9.17, 15) is 4.39 Å². The second kappa shape index (κ2) is 6.94. The Hall–Kier alpha value is -2.45. The summed E-state index contributed by atoms with van der Waals surface area (Å²) in [6.07, 6.45) is 7.28. The molecule has 0 aliphatic carbocycles. The molecule has 2 unspecified atom stereocenters. The lowest BCUT2D eigenvalue weighted by atomic mass is 9.81. The molecule has 2 atom stereocenters. The molecule has 1 fully saturated rings. The van der Waals surface area contributed by atoms with Crippen molar-refractivity contribution in [3.8, 4) is 0 Å². The van der Waals surface area contributed by atoms with Crippen molar-refractivity contribution in [1.29, 1.82) is 0 Å². The molecule has 136 valence electrons. The van der Waals surface area contributed by atoms with Crippen LogP contribution in [0.15, 0.2) is 72.8 Å². The van der Waals surface area contributed by atoms with Gasteiger partial charge in [-0.2, -0.15) is 0 Å². The van der Waals surface area contributed by atoms with Gasteiger partial charge in [0.2, 0.25) is 0 Å². The monoisotopic (exact) mass is 357 g/mol. The number of hydrogen-bond acceptors (Lipinski definition) is 1. The van der Waals surface area contributed by atoms with E-state index in [1.165, 1.54) is 36.0 Å². The fourth-order valence-electron chi connectivity index (χ4n) is 4.90. The molecule has 0 N–H and O–H groups in total. The Morgan fingerprint density at radius 1 is 0.852 bits per heavy atom. The van der Waals surface area contributed by atoms with E-state index in [2.05, 4.69) is 47.4 Å². The van der Waals surface area contributed by atoms with E-state index in [0.717, 1.165) is 23.7 Å². The smallest absolute Gasteiger partial charge is 0.131 e. The number of benzene rings is 3. The molecule has 5 rings (SSSR count). The SMILES string of the molecule is Fc1ccc(C2=CC3CCCC(C2)N3Cc2ccccc2)c2ccccc12. The summed E-state index contributed by atoms with van der Waals surface area (Å²) in [4.78, 5) is 2.67. The standard InChI is InChI=1S/C25H24FN/c26-25-14-13-22(23-11-4-5-12-24(23)25)19-15-20-9-6-10-21(16-19)27(20)17-18-7-2-1-3-8-18/h1-5,7-8,11-15,20-21H,6,9-10,16-17H2. The van der Waals surface area contributed by atoms with E-state index in [0.29, 0.717) is 12.1 Å². The molecule has 3 aromatic carbocycles. The summed E-state index contributed by atoms with van der Waals surface area (Å²) in [6.45, 7) is 1.02. The van der Waals surface area contributed by atoms with Crippen molar-refractivity contribution in [2.45, 2.75) is 44.3 Å². The van der Waals surface area contributed by atoms with Crippen LogP contribution in [0, 0.1) is 5.82 Å². The van der Waals surface area contributed by atoms with Crippen molar-refractivity contribution in [2.75, 3.05) is 0 Å². The van der Waals surface area contributed by atoms with Gasteiger partial charge in [-0.15, -0.1) is 0 Å². The number of halogens is 1. The fourth-order valence-corrected chi connectivity index (χ4v) is 4.90. The van der Waals surface area contributed by atoms with Crippen molar-refractivity contribution < 1.29 is 4.39 Å². The third kappa shape index (κ3) is 3.08. The van der Waals surface area contributed by atoms with Crippen LogP contribution >= 0.6 is 0 Å². The summed E-state index contributed by atoms with van der Waals surface area (Å²) in [5, 5.41) is 1.77. The van der Waals surface area contributed by atoms with Gasteiger partial charge in [-0.3, -0.25) is 4.90 Å². The summed E-state index contributed by atoms with van der Waals surface area (Å²) in [7, 11) is 0. The predicted octanol–water partition coefficient (Wildman–Crippen LogP) is 6.19. The molecule has 0 radical (unpaired) electrons. The zero-order valence-electron chi connectivity index (χ0n) is 15.4. The van der Waals surface area contributed by atoms with Gasteiger partial charge < -0.3 is 0 Å². The molecule has 0 amide bonds. The molecule has 2 heterocycles. The Morgan fingerprint density at radius 2 is 1.63 bits per heavy atom. The van der Waals surface area contributed by atoms with Gasteiger partial charge in [0.25, 0.3) is 0 Å². The van der Waals surface area contributed by atoms with E-state index in [1.54, 1.807) is 6.07 Å². The average molecular weight is 357 g/mol. The molecule has 2 bridgehead atoms. The normalized spacial score (nSPS) is 22.6. The third-order valence-electron chi connectivity index (χ3n) is 6.21. The zero-order valence-corrected chi connectivity index (χ0v) is 15.4. The molecule has 0 aromatic heterocycles. The molecule has 2 heteroatoms. The van der Waals surface area contributed by atoms with Crippen LogP contribution in [0.2, 0.25) is 0 Å². The molecular formula is C25H24FN.